The van der Waals surface area contributed by atoms with Crippen molar-refractivity contribution in [1.29, 1.82) is 5.26 Å². The van der Waals surface area contributed by atoms with Crippen LogP contribution in [0.5, 0.6) is 0 Å². The lowest BCUT2D eigenvalue weighted by Crippen LogP contribution is -2.48. The first-order chi connectivity index (χ1) is 19.9. The number of thiocarbonyl (C=S) groups is 1. The zero-order chi connectivity index (χ0) is 28.9. The van der Waals surface area contributed by atoms with Crippen LogP contribution < -0.4 is 10.5 Å². The topological polar surface area (TPSA) is 72.6 Å². The van der Waals surface area contributed by atoms with Crippen molar-refractivity contribution in [2.24, 2.45) is 0 Å². The highest BCUT2D eigenvalue weighted by Gasteiger charge is 2.33. The van der Waals surface area contributed by atoms with Crippen molar-refractivity contribution in [3.63, 3.8) is 0 Å². The van der Waals surface area contributed by atoms with Crippen molar-refractivity contribution in [2.75, 3.05) is 37.6 Å². The fourth-order valence-corrected chi connectivity index (χ4v) is 6.74. The largest absolute Gasteiger partial charge is 0.355 e. The Morgan fingerprint density at radius 3 is 2.22 bits per heavy atom. The van der Waals surface area contributed by atoms with Crippen LogP contribution >= 0.6 is 24.0 Å². The third-order valence-electron chi connectivity index (χ3n) is 7.70. The van der Waals surface area contributed by atoms with E-state index in [9.17, 15) is 14.9 Å². The van der Waals surface area contributed by atoms with Crippen molar-refractivity contribution in [2.45, 2.75) is 33.4 Å². The number of carbonyl (C=O) groups is 1. The average molecular weight is 584 g/mol. The number of pyridine rings is 1. The molecule has 0 spiro atoms. The molecule has 2 aliphatic heterocycles. The van der Waals surface area contributed by atoms with Gasteiger partial charge >= 0.3 is 0 Å². The first kappa shape index (κ1) is 28.8. The highest BCUT2D eigenvalue weighted by molar-refractivity contribution is 8.26. The number of thioether (sulfide) groups is 1. The SMILES string of the molecule is CCn1c(N2CCN(Cc3ccccc3)CC2)c(C=C2SC(=S)N(CCc3ccccc3)C2=O)c(C)c(C#N)c1=O. The van der Waals surface area contributed by atoms with E-state index in [-0.39, 0.29) is 17.0 Å². The highest BCUT2D eigenvalue weighted by atomic mass is 32.2. The summed E-state index contributed by atoms with van der Waals surface area (Å²) in [4.78, 5) is 33.7. The maximum atomic E-state index is 13.5. The van der Waals surface area contributed by atoms with Gasteiger partial charge in [-0.15, -0.1) is 0 Å². The first-order valence-electron chi connectivity index (χ1n) is 13.9. The van der Waals surface area contributed by atoms with Crippen molar-refractivity contribution in [3.05, 3.63) is 104 Å². The zero-order valence-corrected chi connectivity index (χ0v) is 25.0. The summed E-state index contributed by atoms with van der Waals surface area (Å²) in [6.45, 7) is 8.66. The van der Waals surface area contributed by atoms with Gasteiger partial charge in [-0.3, -0.25) is 24.0 Å². The standard InChI is InChI=1S/C32H33N5O2S2/c1-3-36-29(35-18-16-34(17-19-35)22-25-12-8-5-9-13-25)26(23(2)27(21-33)30(36)38)20-28-31(39)37(32(40)41-28)15-14-24-10-6-4-7-11-24/h4-13,20H,3,14-19,22H2,1-2H3. The number of benzene rings is 2. The van der Waals surface area contributed by atoms with E-state index in [2.05, 4.69) is 40.1 Å². The number of rotatable bonds is 8. The number of nitriles is 1. The third-order valence-corrected chi connectivity index (χ3v) is 9.08. The second-order valence-corrected chi connectivity index (χ2v) is 11.9. The molecule has 2 saturated heterocycles. The molecular formula is C32H33N5O2S2. The molecule has 9 heteroatoms. The number of carbonyl (C=O) groups excluding carboxylic acids is 1. The van der Waals surface area contributed by atoms with E-state index in [1.807, 2.05) is 49.4 Å². The van der Waals surface area contributed by atoms with Crippen molar-refractivity contribution >= 4 is 46.1 Å². The van der Waals surface area contributed by atoms with Crippen LogP contribution in [0.3, 0.4) is 0 Å². The summed E-state index contributed by atoms with van der Waals surface area (Å²) in [6.07, 6.45) is 2.55. The zero-order valence-electron chi connectivity index (χ0n) is 23.4. The minimum Gasteiger partial charge on any atom is -0.355 e. The summed E-state index contributed by atoms with van der Waals surface area (Å²) in [6, 6.07) is 22.6. The average Bonchev–Trinajstić information content (AvgIpc) is 3.26. The summed E-state index contributed by atoms with van der Waals surface area (Å²) in [7, 11) is 0. The summed E-state index contributed by atoms with van der Waals surface area (Å²) < 4.78 is 2.20. The first-order valence-corrected chi connectivity index (χ1v) is 15.1. The van der Waals surface area contributed by atoms with E-state index >= 15 is 0 Å². The molecule has 0 saturated carbocycles. The van der Waals surface area contributed by atoms with E-state index in [0.717, 1.165) is 49.7 Å². The number of anilines is 1. The maximum Gasteiger partial charge on any atom is 0.270 e. The van der Waals surface area contributed by atoms with Crippen molar-refractivity contribution in [3.8, 4) is 6.07 Å². The molecule has 3 heterocycles. The molecule has 5 rings (SSSR count). The van der Waals surface area contributed by atoms with E-state index < -0.39 is 0 Å². The van der Waals surface area contributed by atoms with Crippen LogP contribution in [0.25, 0.3) is 6.08 Å². The predicted molar refractivity (Wildman–Crippen MR) is 170 cm³/mol. The second-order valence-electron chi connectivity index (χ2n) is 10.2. The summed E-state index contributed by atoms with van der Waals surface area (Å²) in [5.74, 6) is 0.629. The van der Waals surface area contributed by atoms with Gasteiger partial charge in [-0.2, -0.15) is 5.26 Å². The second kappa shape index (κ2) is 12.9. The maximum absolute atomic E-state index is 13.5. The van der Waals surface area contributed by atoms with Crippen LogP contribution in [0.15, 0.2) is 70.4 Å². The van der Waals surface area contributed by atoms with Gasteiger partial charge in [0.25, 0.3) is 11.5 Å². The van der Waals surface area contributed by atoms with Crippen LogP contribution in [0.2, 0.25) is 0 Å². The monoisotopic (exact) mass is 583 g/mol. The fraction of sp³-hybridized carbons (Fsp3) is 0.312. The van der Waals surface area contributed by atoms with E-state index in [1.165, 1.54) is 17.3 Å². The van der Waals surface area contributed by atoms with Gasteiger partial charge in [0.15, 0.2) is 0 Å². The van der Waals surface area contributed by atoms with E-state index in [0.29, 0.717) is 34.3 Å². The van der Waals surface area contributed by atoms with E-state index in [1.54, 1.807) is 16.4 Å². The quantitative estimate of drug-likeness (QED) is 0.278. The van der Waals surface area contributed by atoms with Crippen LogP contribution in [0.4, 0.5) is 5.82 Å². The molecule has 2 fully saturated rings. The van der Waals surface area contributed by atoms with Gasteiger partial charge in [0.2, 0.25) is 0 Å². The lowest BCUT2D eigenvalue weighted by molar-refractivity contribution is -0.122. The molecule has 1 amide bonds. The molecule has 210 valence electrons. The molecule has 1 aromatic heterocycles. The molecule has 0 aliphatic carbocycles. The van der Waals surface area contributed by atoms with Crippen molar-refractivity contribution in [1.82, 2.24) is 14.4 Å². The Kier molecular flexibility index (Phi) is 9.03. The molecule has 0 atom stereocenters. The normalized spacial score (nSPS) is 17.0. The van der Waals surface area contributed by atoms with Gasteiger partial charge in [-0.1, -0.05) is 84.6 Å². The van der Waals surface area contributed by atoms with Crippen LogP contribution in [0.1, 0.15) is 34.7 Å². The Labute approximate surface area is 250 Å². The molecule has 7 nitrogen and oxygen atoms in total. The van der Waals surface area contributed by atoms with Gasteiger partial charge in [-0.25, -0.2) is 0 Å². The van der Waals surface area contributed by atoms with E-state index in [4.69, 9.17) is 12.2 Å². The molecular weight excluding hydrogens is 551 g/mol. The van der Waals surface area contributed by atoms with Gasteiger partial charge < -0.3 is 4.90 Å². The Bertz CT molecular complexity index is 1570. The molecule has 3 aromatic rings. The predicted octanol–water partition coefficient (Wildman–Crippen LogP) is 4.81. The van der Waals surface area contributed by atoms with Gasteiger partial charge in [0.05, 0.1) is 4.91 Å². The van der Waals surface area contributed by atoms with Crippen LogP contribution in [-0.2, 0) is 24.3 Å². The Balaban J connectivity index is 1.45. The molecule has 41 heavy (non-hydrogen) atoms. The lowest BCUT2D eigenvalue weighted by Gasteiger charge is -2.38. The molecule has 0 unspecified atom stereocenters. The molecule has 2 aliphatic rings. The number of aromatic nitrogens is 1. The summed E-state index contributed by atoms with van der Waals surface area (Å²) >= 11 is 6.89. The summed E-state index contributed by atoms with van der Waals surface area (Å²) in [5, 5.41) is 9.89. The Hall–Kier alpha value is -3.71. The van der Waals surface area contributed by atoms with Gasteiger partial charge in [0.1, 0.15) is 21.8 Å². The number of nitrogens with zero attached hydrogens (tertiary/aromatic N) is 5. The molecule has 2 aromatic carbocycles. The Morgan fingerprint density at radius 2 is 1.61 bits per heavy atom. The minimum atomic E-state index is -0.290. The number of amides is 1. The number of hydrogen-bond donors (Lipinski definition) is 0. The van der Waals surface area contributed by atoms with Crippen molar-refractivity contribution < 1.29 is 4.79 Å². The smallest absolute Gasteiger partial charge is 0.270 e. The van der Waals surface area contributed by atoms with Crippen LogP contribution in [-0.4, -0.2) is 57.3 Å². The van der Waals surface area contributed by atoms with Gasteiger partial charge in [0, 0.05) is 51.4 Å². The Morgan fingerprint density at radius 1 is 0.976 bits per heavy atom. The third kappa shape index (κ3) is 6.15. The van der Waals surface area contributed by atoms with Crippen LogP contribution in [0, 0.1) is 18.3 Å². The highest BCUT2D eigenvalue weighted by Crippen LogP contribution is 2.36. The summed E-state index contributed by atoms with van der Waals surface area (Å²) in [5.41, 5.74) is 3.58. The van der Waals surface area contributed by atoms with Gasteiger partial charge in [-0.05, 0) is 43.0 Å². The molecule has 0 bridgehead atoms. The fourth-order valence-electron chi connectivity index (χ4n) is 5.45. The number of piperazine rings is 1. The lowest BCUT2D eigenvalue weighted by atomic mass is 10.0. The minimum absolute atomic E-state index is 0.115. The molecule has 0 radical (unpaired) electrons. The number of hydrogen-bond acceptors (Lipinski definition) is 7. The molecule has 0 N–H and O–H groups in total.